The van der Waals surface area contributed by atoms with Crippen LogP contribution in [0.2, 0.25) is 0 Å². The van der Waals surface area contributed by atoms with Gasteiger partial charge in [0.2, 0.25) is 0 Å². The van der Waals surface area contributed by atoms with Gasteiger partial charge in [0, 0.05) is 21.1 Å². The summed E-state index contributed by atoms with van der Waals surface area (Å²) in [5.74, 6) is 0. The molecule has 0 atom stereocenters. The monoisotopic (exact) mass is 405 g/mol. The van der Waals surface area contributed by atoms with Crippen molar-refractivity contribution in [3.05, 3.63) is 0 Å². The van der Waals surface area contributed by atoms with Crippen LogP contribution < -0.4 is 0 Å². The molecule has 1 nitrogen and oxygen atoms in total. The van der Waals surface area contributed by atoms with Crippen molar-refractivity contribution in [3.63, 3.8) is 0 Å². The fraction of sp³-hybridized carbons (Fsp3) is 0. The second kappa shape index (κ2) is 18.1. The summed E-state index contributed by atoms with van der Waals surface area (Å²) in [6.45, 7) is 0. The normalized spacial score (nSPS) is 0. The van der Waals surface area contributed by atoms with Crippen LogP contribution in [-0.2, 0) is 52.7 Å². The average Bonchev–Trinajstić information content (AvgIpc) is 0. The van der Waals surface area contributed by atoms with Gasteiger partial charge in [0.1, 0.15) is 0 Å². The van der Waals surface area contributed by atoms with Gasteiger partial charge in [-0.15, -0.1) is 0 Å². The maximum Gasteiger partial charge on any atom is 4.00 e. The van der Waals surface area contributed by atoms with E-state index in [1.807, 2.05) is 0 Å². The Kier molecular flexibility index (Phi) is 147. The standard InChI is InChI=1S/In.O.W.Zr/q+3;-2;;+4. The topological polar surface area (TPSA) is 28.5 Å². The molecule has 0 radical (unpaired) electrons. The summed E-state index contributed by atoms with van der Waals surface area (Å²) in [5.41, 5.74) is 0. The van der Waals surface area contributed by atoms with E-state index in [1.165, 1.54) is 0 Å². The fourth-order valence-electron chi connectivity index (χ4n) is 0. The molecule has 0 saturated heterocycles. The van der Waals surface area contributed by atoms with E-state index in [4.69, 9.17) is 0 Å². The Bertz CT molecular complexity index is 8.00. The molecule has 0 aromatic rings. The van der Waals surface area contributed by atoms with Crippen molar-refractivity contribution >= 4 is 25.8 Å². The van der Waals surface area contributed by atoms with E-state index in [2.05, 4.69) is 0 Å². The largest absolute Gasteiger partial charge is 4.00 e. The van der Waals surface area contributed by atoms with Crippen molar-refractivity contribution in [2.24, 2.45) is 0 Å². The Morgan fingerprint density at radius 3 is 1.00 bits per heavy atom. The number of hydrogen-bond donors (Lipinski definition) is 0. The van der Waals surface area contributed by atoms with Crippen molar-refractivity contribution in [2.75, 3.05) is 0 Å². The molecule has 0 aromatic carbocycles. The second-order valence-electron chi connectivity index (χ2n) is 0. The average molecular weight is 406 g/mol. The van der Waals surface area contributed by atoms with Gasteiger partial charge in [-0.05, 0) is 0 Å². The van der Waals surface area contributed by atoms with E-state index in [0.717, 1.165) is 0 Å². The number of hydrogen-bond acceptors (Lipinski definition) is 0. The Labute approximate surface area is 77.4 Å². The van der Waals surface area contributed by atoms with Crippen LogP contribution in [0.15, 0.2) is 0 Å². The summed E-state index contributed by atoms with van der Waals surface area (Å²) in [5, 5.41) is 0. The van der Waals surface area contributed by atoms with Crippen LogP contribution in [-0.4, -0.2) is 25.8 Å². The predicted molar refractivity (Wildman–Crippen MR) is 6.44 cm³/mol. The Morgan fingerprint density at radius 2 is 1.00 bits per heavy atom. The van der Waals surface area contributed by atoms with Crippen LogP contribution >= 0.6 is 0 Å². The molecular formula is InOWZr+5. The maximum absolute atomic E-state index is 0. The zero-order valence-electron chi connectivity index (χ0n) is 1.89. The molecule has 0 rings (SSSR count). The van der Waals surface area contributed by atoms with Crippen molar-refractivity contribution < 1.29 is 52.7 Å². The van der Waals surface area contributed by atoms with E-state index >= 15 is 0 Å². The molecule has 0 aliphatic heterocycles. The van der Waals surface area contributed by atoms with E-state index in [1.54, 1.807) is 0 Å². The van der Waals surface area contributed by atoms with E-state index < -0.39 is 0 Å². The first-order valence-electron chi connectivity index (χ1n) is 0. The first-order chi connectivity index (χ1) is 0. The molecule has 0 heterocycles. The van der Waals surface area contributed by atoms with Gasteiger partial charge in [-0.25, -0.2) is 0 Å². The van der Waals surface area contributed by atoms with Gasteiger partial charge in [0.15, 0.2) is 0 Å². The molecule has 0 aromatic heterocycles. The summed E-state index contributed by atoms with van der Waals surface area (Å²) < 4.78 is 0. The molecule has 0 aliphatic rings. The van der Waals surface area contributed by atoms with Gasteiger partial charge in [0.05, 0.1) is 0 Å². The first kappa shape index (κ1) is 32.4. The third-order valence-electron chi connectivity index (χ3n) is 0. The minimum absolute atomic E-state index is 0. The molecule has 0 amide bonds. The molecule has 4 heteroatoms. The van der Waals surface area contributed by atoms with Gasteiger partial charge >= 0.3 is 52.0 Å². The summed E-state index contributed by atoms with van der Waals surface area (Å²) in [7, 11) is 0. The number of rotatable bonds is 0. The Hall–Kier alpha value is 2.40. The Balaban J connectivity index is 0. The third kappa shape index (κ3) is 8.83. The zero-order chi connectivity index (χ0) is 0. The molecule has 14 valence electrons. The van der Waals surface area contributed by atoms with Gasteiger partial charge in [-0.1, -0.05) is 0 Å². The van der Waals surface area contributed by atoms with Gasteiger partial charge < -0.3 is 5.48 Å². The van der Waals surface area contributed by atoms with Crippen LogP contribution in [0.1, 0.15) is 0 Å². The van der Waals surface area contributed by atoms with E-state index in [9.17, 15) is 0 Å². The molecule has 0 saturated carbocycles. The summed E-state index contributed by atoms with van der Waals surface area (Å²) in [6.07, 6.45) is 0. The molecule has 0 aliphatic carbocycles. The van der Waals surface area contributed by atoms with Crippen molar-refractivity contribution in [1.29, 1.82) is 0 Å². The summed E-state index contributed by atoms with van der Waals surface area (Å²) in [4.78, 5) is 0. The molecule has 0 N–H and O–H groups in total. The quantitative estimate of drug-likeness (QED) is 0.520. The minimum Gasteiger partial charge on any atom is -2.00 e. The second-order valence-corrected chi connectivity index (χ2v) is 0. The molecule has 0 fully saturated rings. The van der Waals surface area contributed by atoms with Crippen LogP contribution in [0.4, 0.5) is 0 Å². The van der Waals surface area contributed by atoms with Crippen LogP contribution in [0.25, 0.3) is 0 Å². The maximum atomic E-state index is 0. The molecule has 0 unspecified atom stereocenters. The predicted octanol–water partition coefficient (Wildman–Crippen LogP) is -0.505. The smallest absolute Gasteiger partial charge is 2.00 e. The summed E-state index contributed by atoms with van der Waals surface area (Å²) >= 11 is 0. The van der Waals surface area contributed by atoms with Gasteiger partial charge in [0.25, 0.3) is 0 Å². The van der Waals surface area contributed by atoms with Crippen LogP contribution in [0, 0.1) is 0 Å². The van der Waals surface area contributed by atoms with Crippen molar-refractivity contribution in [2.45, 2.75) is 0 Å². The molecular weight excluding hydrogens is 406 g/mol. The SMILES string of the molecule is [In+3].[O-2].[W].[Zr+4]. The first-order valence-corrected chi connectivity index (χ1v) is 0. The van der Waals surface area contributed by atoms with Crippen LogP contribution in [0.3, 0.4) is 0 Å². The molecule has 0 bridgehead atoms. The fourth-order valence-corrected chi connectivity index (χ4v) is 0. The van der Waals surface area contributed by atoms with Gasteiger partial charge in [-0.2, -0.15) is 0 Å². The van der Waals surface area contributed by atoms with Crippen molar-refractivity contribution in [1.82, 2.24) is 0 Å². The van der Waals surface area contributed by atoms with Gasteiger partial charge in [-0.3, -0.25) is 0 Å². The van der Waals surface area contributed by atoms with E-state index in [-0.39, 0.29) is 78.6 Å². The third-order valence-corrected chi connectivity index (χ3v) is 0. The minimum atomic E-state index is 0. The Morgan fingerprint density at radius 1 is 1.00 bits per heavy atom. The molecule has 0 spiro atoms. The van der Waals surface area contributed by atoms with Crippen molar-refractivity contribution in [3.8, 4) is 0 Å². The zero-order valence-corrected chi connectivity index (χ0v) is 10.6. The molecule has 4 heavy (non-hydrogen) atoms. The van der Waals surface area contributed by atoms with Crippen LogP contribution in [0.5, 0.6) is 0 Å². The van der Waals surface area contributed by atoms with E-state index in [0.29, 0.717) is 0 Å². The summed E-state index contributed by atoms with van der Waals surface area (Å²) in [6, 6.07) is 0.